The van der Waals surface area contributed by atoms with Crippen molar-refractivity contribution in [2.24, 2.45) is 5.92 Å². The van der Waals surface area contributed by atoms with Crippen molar-refractivity contribution >= 4 is 15.9 Å². The number of rotatable bonds is 4. The number of piperazine rings is 1. The highest BCUT2D eigenvalue weighted by molar-refractivity contribution is 9.10. The summed E-state index contributed by atoms with van der Waals surface area (Å²) in [6.45, 7) is 9.72. The standard InChI is InChI=1S/C16H24BrFN2/c1-11(2)6-15-8-19-12(3)9-20(15)10-13-4-5-14(18)7-16(13)17/h4-5,7,11-12,15,19H,6,8-10H2,1-3H3. The summed E-state index contributed by atoms with van der Waals surface area (Å²) in [5.74, 6) is 0.502. The monoisotopic (exact) mass is 342 g/mol. The molecular weight excluding hydrogens is 319 g/mol. The average Bonchev–Trinajstić information content (AvgIpc) is 2.35. The summed E-state index contributed by atoms with van der Waals surface area (Å²) < 4.78 is 14.1. The van der Waals surface area contributed by atoms with Crippen molar-refractivity contribution in [2.75, 3.05) is 13.1 Å². The highest BCUT2D eigenvalue weighted by atomic mass is 79.9. The minimum absolute atomic E-state index is 0.187. The van der Waals surface area contributed by atoms with Crippen LogP contribution in [-0.4, -0.2) is 30.1 Å². The second-order valence-corrected chi connectivity index (χ2v) is 7.11. The Morgan fingerprint density at radius 1 is 1.45 bits per heavy atom. The molecule has 1 aliphatic heterocycles. The summed E-state index contributed by atoms with van der Waals surface area (Å²) in [5.41, 5.74) is 1.16. The molecule has 20 heavy (non-hydrogen) atoms. The van der Waals surface area contributed by atoms with Crippen LogP contribution in [0.4, 0.5) is 4.39 Å². The Bertz CT molecular complexity index is 450. The summed E-state index contributed by atoms with van der Waals surface area (Å²) in [7, 11) is 0. The number of benzene rings is 1. The van der Waals surface area contributed by atoms with Gasteiger partial charge < -0.3 is 5.32 Å². The lowest BCUT2D eigenvalue weighted by Gasteiger charge is -2.40. The molecule has 1 aromatic carbocycles. The predicted octanol–water partition coefficient (Wildman–Crippen LogP) is 3.80. The first-order chi connectivity index (χ1) is 9.45. The van der Waals surface area contributed by atoms with Crippen LogP contribution in [0.25, 0.3) is 0 Å². The van der Waals surface area contributed by atoms with E-state index in [1.807, 2.05) is 6.07 Å². The highest BCUT2D eigenvalue weighted by Gasteiger charge is 2.26. The molecule has 2 nitrogen and oxygen atoms in total. The molecule has 1 aromatic rings. The Hall–Kier alpha value is -0.450. The molecule has 0 aliphatic carbocycles. The summed E-state index contributed by atoms with van der Waals surface area (Å²) >= 11 is 3.48. The third-order valence-corrected chi connectivity index (χ3v) is 4.60. The number of nitrogens with one attached hydrogen (secondary N) is 1. The maximum absolute atomic E-state index is 13.2. The van der Waals surface area contributed by atoms with Crippen LogP contribution in [0.15, 0.2) is 22.7 Å². The van der Waals surface area contributed by atoms with Gasteiger partial charge in [-0.2, -0.15) is 0 Å². The van der Waals surface area contributed by atoms with Crippen molar-refractivity contribution < 1.29 is 4.39 Å². The summed E-state index contributed by atoms with van der Waals surface area (Å²) in [4.78, 5) is 2.53. The highest BCUT2D eigenvalue weighted by Crippen LogP contribution is 2.23. The molecule has 1 N–H and O–H groups in total. The maximum atomic E-state index is 13.2. The molecule has 2 unspecified atom stereocenters. The summed E-state index contributed by atoms with van der Waals surface area (Å²) in [6.07, 6.45) is 1.19. The van der Waals surface area contributed by atoms with Gasteiger partial charge in [-0.3, -0.25) is 4.90 Å². The van der Waals surface area contributed by atoms with E-state index in [-0.39, 0.29) is 5.82 Å². The van der Waals surface area contributed by atoms with Crippen molar-refractivity contribution in [1.29, 1.82) is 0 Å². The number of halogens is 2. The number of nitrogens with zero attached hydrogens (tertiary/aromatic N) is 1. The van der Waals surface area contributed by atoms with Crippen LogP contribution in [0, 0.1) is 11.7 Å². The fraction of sp³-hybridized carbons (Fsp3) is 0.625. The fourth-order valence-electron chi connectivity index (χ4n) is 2.87. The van der Waals surface area contributed by atoms with Gasteiger partial charge in [-0.1, -0.05) is 35.8 Å². The van der Waals surface area contributed by atoms with Crippen molar-refractivity contribution in [3.63, 3.8) is 0 Å². The normalized spacial score (nSPS) is 24.3. The van der Waals surface area contributed by atoms with Crippen molar-refractivity contribution in [1.82, 2.24) is 10.2 Å². The lowest BCUT2D eigenvalue weighted by molar-refractivity contribution is 0.111. The Morgan fingerprint density at radius 3 is 2.85 bits per heavy atom. The minimum Gasteiger partial charge on any atom is -0.311 e. The molecular formula is C16H24BrFN2. The number of hydrogen-bond acceptors (Lipinski definition) is 2. The largest absolute Gasteiger partial charge is 0.311 e. The predicted molar refractivity (Wildman–Crippen MR) is 85.2 cm³/mol. The van der Waals surface area contributed by atoms with E-state index in [1.54, 1.807) is 12.1 Å². The quantitative estimate of drug-likeness (QED) is 0.895. The van der Waals surface area contributed by atoms with Crippen LogP contribution in [0.5, 0.6) is 0 Å². The van der Waals surface area contributed by atoms with Crippen LogP contribution >= 0.6 is 15.9 Å². The fourth-order valence-corrected chi connectivity index (χ4v) is 3.35. The van der Waals surface area contributed by atoms with E-state index < -0.39 is 0 Å². The molecule has 1 fully saturated rings. The smallest absolute Gasteiger partial charge is 0.124 e. The van der Waals surface area contributed by atoms with E-state index >= 15 is 0 Å². The zero-order valence-electron chi connectivity index (χ0n) is 12.5. The van der Waals surface area contributed by atoms with Crippen LogP contribution in [0.1, 0.15) is 32.8 Å². The van der Waals surface area contributed by atoms with Gasteiger partial charge in [0.1, 0.15) is 5.82 Å². The minimum atomic E-state index is -0.187. The third kappa shape index (κ3) is 4.27. The second-order valence-electron chi connectivity index (χ2n) is 6.26. The van der Waals surface area contributed by atoms with E-state index in [4.69, 9.17) is 0 Å². The molecule has 0 saturated carbocycles. The molecule has 2 atom stereocenters. The van der Waals surface area contributed by atoms with Gasteiger partial charge in [-0.15, -0.1) is 0 Å². The van der Waals surface area contributed by atoms with E-state index in [2.05, 4.69) is 46.9 Å². The zero-order valence-corrected chi connectivity index (χ0v) is 14.1. The van der Waals surface area contributed by atoms with Gasteiger partial charge in [-0.05, 0) is 37.0 Å². The van der Waals surface area contributed by atoms with Gasteiger partial charge in [0.15, 0.2) is 0 Å². The molecule has 4 heteroatoms. The van der Waals surface area contributed by atoms with Crippen LogP contribution in [-0.2, 0) is 6.54 Å². The lowest BCUT2D eigenvalue weighted by atomic mass is 9.98. The molecule has 0 bridgehead atoms. The number of hydrogen-bond donors (Lipinski definition) is 1. The molecule has 0 aromatic heterocycles. The molecule has 0 radical (unpaired) electrons. The van der Waals surface area contributed by atoms with Crippen molar-refractivity contribution in [3.8, 4) is 0 Å². The van der Waals surface area contributed by atoms with Crippen molar-refractivity contribution in [2.45, 2.75) is 45.8 Å². The van der Waals surface area contributed by atoms with Gasteiger partial charge in [0.25, 0.3) is 0 Å². The van der Waals surface area contributed by atoms with Crippen LogP contribution < -0.4 is 5.32 Å². The van der Waals surface area contributed by atoms with Crippen molar-refractivity contribution in [3.05, 3.63) is 34.1 Å². The zero-order chi connectivity index (χ0) is 14.7. The Labute approximate surface area is 129 Å². The topological polar surface area (TPSA) is 15.3 Å². The van der Waals surface area contributed by atoms with E-state index in [1.165, 1.54) is 6.42 Å². The Kier molecular flexibility index (Phi) is 5.58. The van der Waals surface area contributed by atoms with Gasteiger partial charge in [-0.25, -0.2) is 4.39 Å². The van der Waals surface area contributed by atoms with Gasteiger partial charge in [0, 0.05) is 36.2 Å². The lowest BCUT2D eigenvalue weighted by Crippen LogP contribution is -2.55. The molecule has 1 saturated heterocycles. The first kappa shape index (κ1) is 15.9. The second kappa shape index (κ2) is 7.01. The van der Waals surface area contributed by atoms with E-state index in [9.17, 15) is 4.39 Å². The summed E-state index contributed by atoms with van der Waals surface area (Å²) in [5, 5.41) is 3.56. The molecule has 0 spiro atoms. The molecule has 0 amide bonds. The Balaban J connectivity index is 2.10. The SMILES string of the molecule is CC(C)CC1CNC(C)CN1Cc1ccc(F)cc1Br. The van der Waals surface area contributed by atoms with E-state index in [0.29, 0.717) is 18.0 Å². The molecule has 112 valence electrons. The molecule has 1 aliphatic rings. The first-order valence-corrected chi connectivity index (χ1v) is 8.16. The van der Waals surface area contributed by atoms with Crippen LogP contribution in [0.2, 0.25) is 0 Å². The first-order valence-electron chi connectivity index (χ1n) is 7.37. The van der Waals surface area contributed by atoms with Gasteiger partial charge >= 0.3 is 0 Å². The molecule has 1 heterocycles. The third-order valence-electron chi connectivity index (χ3n) is 3.86. The maximum Gasteiger partial charge on any atom is 0.124 e. The average molecular weight is 343 g/mol. The van der Waals surface area contributed by atoms with Crippen LogP contribution in [0.3, 0.4) is 0 Å². The molecule has 2 rings (SSSR count). The van der Waals surface area contributed by atoms with E-state index in [0.717, 1.165) is 29.7 Å². The summed E-state index contributed by atoms with van der Waals surface area (Å²) in [6, 6.07) is 6.06. The van der Waals surface area contributed by atoms with Gasteiger partial charge in [0.2, 0.25) is 0 Å². The Morgan fingerprint density at radius 2 is 2.20 bits per heavy atom. The van der Waals surface area contributed by atoms with Gasteiger partial charge in [0.05, 0.1) is 0 Å².